The zero-order valence-corrected chi connectivity index (χ0v) is 19.5. The highest BCUT2D eigenvalue weighted by Gasteiger charge is 2.27. The van der Waals surface area contributed by atoms with Gasteiger partial charge in [-0.1, -0.05) is 42.8 Å². The van der Waals surface area contributed by atoms with Crippen LogP contribution in [0.25, 0.3) is 22.3 Å². The number of anilines is 1. The van der Waals surface area contributed by atoms with E-state index in [0.717, 1.165) is 0 Å². The number of fused-ring (bicyclic) bond motifs is 1. The summed E-state index contributed by atoms with van der Waals surface area (Å²) in [6, 6.07) is 15.7. The van der Waals surface area contributed by atoms with Gasteiger partial charge in [0, 0.05) is 11.1 Å². The van der Waals surface area contributed by atoms with Gasteiger partial charge in [0.1, 0.15) is 23.0 Å². The van der Waals surface area contributed by atoms with Gasteiger partial charge < -0.3 is 13.6 Å². The molecule has 172 valence electrons. The minimum absolute atomic E-state index is 0.0430. The molecule has 2 heterocycles. The van der Waals surface area contributed by atoms with Crippen molar-refractivity contribution in [2.24, 2.45) is 0 Å². The Bertz CT molecular complexity index is 1500. The Balaban J connectivity index is 1.77. The molecule has 0 aliphatic carbocycles. The third-order valence-corrected chi connectivity index (χ3v) is 5.86. The van der Waals surface area contributed by atoms with Crippen LogP contribution in [0.15, 0.2) is 62.2 Å². The summed E-state index contributed by atoms with van der Waals surface area (Å²) < 4.78 is 17.6. The normalized spacial score (nSPS) is 11.7. The van der Waals surface area contributed by atoms with Crippen molar-refractivity contribution in [3.05, 3.63) is 80.7 Å². The summed E-state index contributed by atoms with van der Waals surface area (Å²) >= 11 is 6.39. The summed E-state index contributed by atoms with van der Waals surface area (Å²) in [6.07, 6.45) is -0.830. The summed E-state index contributed by atoms with van der Waals surface area (Å²) in [7, 11) is 0. The molecule has 0 aliphatic rings. The lowest BCUT2D eigenvalue weighted by Crippen LogP contribution is -2.34. The molecule has 2 aromatic carbocycles. The maximum Gasteiger partial charge on any atom is 0.267 e. The van der Waals surface area contributed by atoms with Crippen LogP contribution in [0, 0.1) is 25.2 Å². The second-order valence-electron chi connectivity index (χ2n) is 7.67. The summed E-state index contributed by atoms with van der Waals surface area (Å²) in [5, 5.41) is 12.7. The first kappa shape index (κ1) is 23.1. The number of carbonyl (C=O) groups excluding carboxylic acids is 1. The van der Waals surface area contributed by atoms with E-state index in [2.05, 4.69) is 5.32 Å². The van der Waals surface area contributed by atoms with Crippen molar-refractivity contribution in [1.82, 2.24) is 0 Å². The Hall–Kier alpha value is -4.02. The van der Waals surface area contributed by atoms with Gasteiger partial charge in [-0.2, -0.15) is 5.26 Å². The van der Waals surface area contributed by atoms with Crippen molar-refractivity contribution in [2.45, 2.75) is 33.3 Å². The number of furan rings is 1. The number of hydrogen-bond donors (Lipinski definition) is 1. The minimum Gasteiger partial charge on any atom is -0.473 e. The van der Waals surface area contributed by atoms with Crippen LogP contribution in [0.4, 0.5) is 5.88 Å². The van der Waals surface area contributed by atoms with E-state index in [9.17, 15) is 14.9 Å². The monoisotopic (exact) mass is 476 g/mol. The number of ether oxygens (including phenoxy) is 1. The van der Waals surface area contributed by atoms with Gasteiger partial charge in [0.05, 0.1) is 10.4 Å². The molecule has 4 rings (SSSR count). The van der Waals surface area contributed by atoms with Crippen LogP contribution < -0.4 is 15.5 Å². The minimum atomic E-state index is -1.07. The highest BCUT2D eigenvalue weighted by molar-refractivity contribution is 6.33. The molecular formula is C26H21ClN2O5. The molecule has 7 nitrogen and oxygen atoms in total. The number of para-hydroxylation sites is 1. The molecule has 2 aromatic heterocycles. The van der Waals surface area contributed by atoms with E-state index in [1.54, 1.807) is 69.3 Å². The third-order valence-electron chi connectivity index (χ3n) is 5.53. The number of carbonyl (C=O) groups is 1. The molecule has 1 unspecified atom stereocenters. The maximum atomic E-state index is 13.4. The van der Waals surface area contributed by atoms with Gasteiger partial charge in [-0.3, -0.25) is 14.9 Å². The van der Waals surface area contributed by atoms with Crippen LogP contribution in [-0.2, 0) is 4.79 Å². The standard InChI is InChI=1S/C26H21ClN2O5/c1-4-20(25(31)29-26-18(13-28)14(2)15(3)32-26)33-24-22(30)17-10-6-8-12-21(17)34-23(24)16-9-5-7-11-19(16)27/h5-12,20H,4H2,1-3H3,(H,29,31). The van der Waals surface area contributed by atoms with Crippen molar-refractivity contribution < 1.29 is 18.4 Å². The fourth-order valence-corrected chi connectivity index (χ4v) is 3.78. The molecule has 0 saturated heterocycles. The second-order valence-corrected chi connectivity index (χ2v) is 8.08. The molecule has 8 heteroatoms. The molecule has 0 spiro atoms. The largest absolute Gasteiger partial charge is 0.473 e. The zero-order chi connectivity index (χ0) is 24.4. The van der Waals surface area contributed by atoms with E-state index in [4.69, 9.17) is 25.2 Å². The van der Waals surface area contributed by atoms with Crippen molar-refractivity contribution in [2.75, 3.05) is 5.32 Å². The fourth-order valence-electron chi connectivity index (χ4n) is 3.56. The Kier molecular flexibility index (Phi) is 6.44. The number of halogens is 1. The van der Waals surface area contributed by atoms with Crippen LogP contribution >= 0.6 is 11.6 Å². The SMILES string of the molecule is CCC(Oc1c(-c2ccccc2Cl)oc2ccccc2c1=O)C(=O)Nc1oc(C)c(C)c1C#N. The second kappa shape index (κ2) is 9.46. The van der Waals surface area contributed by atoms with Crippen molar-refractivity contribution in [3.8, 4) is 23.1 Å². The van der Waals surface area contributed by atoms with Gasteiger partial charge in [0.2, 0.25) is 17.1 Å². The summed E-state index contributed by atoms with van der Waals surface area (Å²) in [6.45, 7) is 5.18. The van der Waals surface area contributed by atoms with E-state index in [-0.39, 0.29) is 29.4 Å². The lowest BCUT2D eigenvalue weighted by Gasteiger charge is -2.18. The molecule has 0 fully saturated rings. The van der Waals surface area contributed by atoms with Crippen LogP contribution in [0.3, 0.4) is 0 Å². The van der Waals surface area contributed by atoms with E-state index in [1.165, 1.54) is 0 Å². The molecule has 1 atom stereocenters. The van der Waals surface area contributed by atoms with Gasteiger partial charge in [-0.15, -0.1) is 0 Å². The van der Waals surface area contributed by atoms with Gasteiger partial charge in [0.25, 0.3) is 5.91 Å². The molecule has 1 N–H and O–H groups in total. The Morgan fingerprint density at radius 2 is 1.85 bits per heavy atom. The first-order valence-electron chi connectivity index (χ1n) is 10.6. The average molecular weight is 477 g/mol. The average Bonchev–Trinajstić information content (AvgIpc) is 3.10. The number of nitriles is 1. The first-order chi connectivity index (χ1) is 16.3. The van der Waals surface area contributed by atoms with Gasteiger partial charge in [-0.05, 0) is 44.5 Å². The number of benzene rings is 2. The quantitative estimate of drug-likeness (QED) is 0.366. The number of nitrogens with one attached hydrogen (secondary N) is 1. The van der Waals surface area contributed by atoms with E-state index in [1.807, 2.05) is 6.07 Å². The first-order valence-corrected chi connectivity index (χ1v) is 11.0. The molecule has 0 saturated carbocycles. The highest BCUT2D eigenvalue weighted by Crippen LogP contribution is 2.36. The molecule has 0 aliphatic heterocycles. The lowest BCUT2D eigenvalue weighted by molar-refractivity contribution is -0.123. The summed E-state index contributed by atoms with van der Waals surface area (Å²) in [5.74, 6) is 0.00732. The number of amides is 1. The number of nitrogens with zero attached hydrogens (tertiary/aromatic N) is 1. The fraction of sp³-hybridized carbons (Fsp3) is 0.192. The van der Waals surface area contributed by atoms with E-state index < -0.39 is 17.4 Å². The molecule has 4 aromatic rings. The predicted octanol–water partition coefficient (Wildman–Crippen LogP) is 5.99. The molecular weight excluding hydrogens is 456 g/mol. The predicted molar refractivity (Wildman–Crippen MR) is 129 cm³/mol. The summed E-state index contributed by atoms with van der Waals surface area (Å²) in [4.78, 5) is 26.5. The van der Waals surface area contributed by atoms with Crippen LogP contribution in [0.2, 0.25) is 5.02 Å². The van der Waals surface area contributed by atoms with Crippen LogP contribution in [0.1, 0.15) is 30.2 Å². The highest BCUT2D eigenvalue weighted by atomic mass is 35.5. The maximum absolute atomic E-state index is 13.4. The molecule has 0 radical (unpaired) electrons. The number of rotatable bonds is 6. The van der Waals surface area contributed by atoms with Crippen molar-refractivity contribution in [1.29, 1.82) is 5.26 Å². The van der Waals surface area contributed by atoms with Crippen LogP contribution in [0.5, 0.6) is 5.75 Å². The number of hydrogen-bond acceptors (Lipinski definition) is 6. The van der Waals surface area contributed by atoms with Crippen LogP contribution in [-0.4, -0.2) is 12.0 Å². The van der Waals surface area contributed by atoms with Crippen molar-refractivity contribution >= 4 is 34.4 Å². The molecule has 0 bridgehead atoms. The zero-order valence-electron chi connectivity index (χ0n) is 18.8. The smallest absolute Gasteiger partial charge is 0.267 e. The lowest BCUT2D eigenvalue weighted by atomic mass is 10.1. The topological polar surface area (TPSA) is 105 Å². The van der Waals surface area contributed by atoms with E-state index >= 15 is 0 Å². The van der Waals surface area contributed by atoms with Gasteiger partial charge in [-0.25, -0.2) is 0 Å². The van der Waals surface area contributed by atoms with Crippen molar-refractivity contribution in [3.63, 3.8) is 0 Å². The molecule has 1 amide bonds. The number of aryl methyl sites for hydroxylation is 1. The Morgan fingerprint density at radius 1 is 1.15 bits per heavy atom. The molecule has 34 heavy (non-hydrogen) atoms. The van der Waals surface area contributed by atoms with E-state index in [0.29, 0.717) is 32.9 Å². The Morgan fingerprint density at radius 3 is 2.56 bits per heavy atom. The van der Waals surface area contributed by atoms with Gasteiger partial charge >= 0.3 is 0 Å². The summed E-state index contributed by atoms with van der Waals surface area (Å²) in [5.41, 5.74) is 1.28. The third kappa shape index (κ3) is 4.16. The van der Waals surface area contributed by atoms with Gasteiger partial charge in [0.15, 0.2) is 11.9 Å². The Labute approximate surface area is 200 Å².